The van der Waals surface area contributed by atoms with Gasteiger partial charge in [-0.25, -0.2) is 4.39 Å². The van der Waals surface area contributed by atoms with Gasteiger partial charge in [0.15, 0.2) is 0 Å². The summed E-state index contributed by atoms with van der Waals surface area (Å²) in [5, 5.41) is 0.359. The summed E-state index contributed by atoms with van der Waals surface area (Å²) in [7, 11) is 1.77. The van der Waals surface area contributed by atoms with Gasteiger partial charge in [0.25, 0.3) is 5.91 Å². The lowest BCUT2D eigenvalue weighted by Gasteiger charge is -2.24. The van der Waals surface area contributed by atoms with Gasteiger partial charge in [-0.2, -0.15) is 0 Å². The molecule has 5 heteroatoms. The number of thiophene rings is 1. The second-order valence-corrected chi connectivity index (χ2v) is 6.06. The topological polar surface area (TPSA) is 46.3 Å². The maximum atomic E-state index is 13.8. The molecule has 0 saturated carbocycles. The molecular weight excluding hydrogens is 275 g/mol. The number of halogens is 1. The van der Waals surface area contributed by atoms with E-state index in [2.05, 4.69) is 6.92 Å². The third-order valence-corrected chi connectivity index (χ3v) is 4.74. The normalized spacial score (nSPS) is 12.6. The molecule has 0 saturated heterocycles. The van der Waals surface area contributed by atoms with Crippen molar-refractivity contribution in [3.63, 3.8) is 0 Å². The molecule has 1 atom stereocenters. The Labute approximate surface area is 122 Å². The molecule has 0 aliphatic carbocycles. The number of rotatable bonds is 4. The third kappa shape index (κ3) is 2.50. The number of nitrogens with zero attached hydrogens (tertiary/aromatic N) is 1. The summed E-state index contributed by atoms with van der Waals surface area (Å²) < 4.78 is 14.5. The number of fused-ring (bicyclic) bond motifs is 1. The molecule has 0 fully saturated rings. The highest BCUT2D eigenvalue weighted by Gasteiger charge is 2.23. The fourth-order valence-electron chi connectivity index (χ4n) is 2.26. The average Bonchev–Trinajstić information content (AvgIpc) is 2.76. The van der Waals surface area contributed by atoms with Gasteiger partial charge < -0.3 is 10.6 Å². The van der Waals surface area contributed by atoms with Crippen molar-refractivity contribution < 1.29 is 9.18 Å². The average molecular weight is 294 g/mol. The molecule has 1 aromatic heterocycles. The van der Waals surface area contributed by atoms with E-state index in [1.807, 2.05) is 6.92 Å². The molecular formula is C15H19FN2OS. The van der Waals surface area contributed by atoms with Crippen LogP contribution in [0.4, 0.5) is 10.1 Å². The number of amides is 1. The molecule has 20 heavy (non-hydrogen) atoms. The zero-order chi connectivity index (χ0) is 14.9. The highest BCUT2D eigenvalue weighted by atomic mass is 32.1. The van der Waals surface area contributed by atoms with Crippen LogP contribution in [-0.2, 0) is 0 Å². The van der Waals surface area contributed by atoms with E-state index < -0.39 is 0 Å². The molecule has 0 aliphatic rings. The predicted molar refractivity (Wildman–Crippen MR) is 82.7 cm³/mol. The quantitative estimate of drug-likeness (QED) is 0.930. The van der Waals surface area contributed by atoms with Gasteiger partial charge in [-0.3, -0.25) is 4.79 Å². The van der Waals surface area contributed by atoms with Gasteiger partial charge in [-0.05, 0) is 25.5 Å². The van der Waals surface area contributed by atoms with Crippen LogP contribution in [0.5, 0.6) is 0 Å². The van der Waals surface area contributed by atoms with Crippen LogP contribution in [0.3, 0.4) is 0 Å². The van der Waals surface area contributed by atoms with Crippen LogP contribution in [-0.4, -0.2) is 23.9 Å². The molecule has 2 aromatic rings. The van der Waals surface area contributed by atoms with Gasteiger partial charge in [0.2, 0.25) is 0 Å². The molecule has 1 unspecified atom stereocenters. The smallest absolute Gasteiger partial charge is 0.266 e. The molecule has 3 nitrogen and oxygen atoms in total. The van der Waals surface area contributed by atoms with Gasteiger partial charge in [-0.15, -0.1) is 11.3 Å². The van der Waals surface area contributed by atoms with Gasteiger partial charge in [0, 0.05) is 17.8 Å². The minimum Gasteiger partial charge on any atom is -0.397 e. The number of benzene rings is 1. The van der Waals surface area contributed by atoms with Gasteiger partial charge >= 0.3 is 0 Å². The Morgan fingerprint density at radius 1 is 1.50 bits per heavy atom. The number of hydrogen-bond donors (Lipinski definition) is 1. The summed E-state index contributed by atoms with van der Waals surface area (Å²) >= 11 is 1.25. The van der Waals surface area contributed by atoms with Crippen molar-refractivity contribution in [3.05, 3.63) is 28.9 Å². The van der Waals surface area contributed by atoms with Crippen LogP contribution in [0, 0.1) is 5.82 Å². The fraction of sp³-hybridized carbons (Fsp3) is 0.400. The number of carbonyl (C=O) groups excluding carboxylic acids is 1. The zero-order valence-electron chi connectivity index (χ0n) is 11.9. The fourth-order valence-corrected chi connectivity index (χ4v) is 3.38. The summed E-state index contributed by atoms with van der Waals surface area (Å²) in [6, 6.07) is 4.92. The van der Waals surface area contributed by atoms with E-state index in [4.69, 9.17) is 5.73 Å². The number of hydrogen-bond acceptors (Lipinski definition) is 3. The minimum absolute atomic E-state index is 0.135. The maximum Gasteiger partial charge on any atom is 0.266 e. The Hall–Kier alpha value is -1.62. The predicted octanol–water partition coefficient (Wildman–Crippen LogP) is 3.88. The van der Waals surface area contributed by atoms with Gasteiger partial charge in [0.1, 0.15) is 10.7 Å². The Morgan fingerprint density at radius 2 is 2.20 bits per heavy atom. The maximum absolute atomic E-state index is 13.8. The minimum atomic E-state index is -0.375. The molecule has 2 N–H and O–H groups in total. The van der Waals surface area contributed by atoms with Crippen LogP contribution in [0.15, 0.2) is 18.2 Å². The Bertz CT molecular complexity index is 638. The Balaban J connectivity index is 2.40. The zero-order valence-corrected chi connectivity index (χ0v) is 12.8. The molecule has 1 heterocycles. The van der Waals surface area contributed by atoms with E-state index in [-0.39, 0.29) is 23.5 Å². The van der Waals surface area contributed by atoms with Crippen molar-refractivity contribution in [3.8, 4) is 0 Å². The molecule has 108 valence electrons. The Kier molecular flexibility index (Phi) is 4.28. The molecule has 0 radical (unpaired) electrons. The Morgan fingerprint density at radius 3 is 2.80 bits per heavy atom. The molecule has 2 rings (SSSR count). The van der Waals surface area contributed by atoms with Crippen LogP contribution < -0.4 is 5.73 Å². The van der Waals surface area contributed by atoms with E-state index in [1.165, 1.54) is 17.4 Å². The van der Waals surface area contributed by atoms with Crippen molar-refractivity contribution in [1.29, 1.82) is 0 Å². The first kappa shape index (κ1) is 14.8. The highest BCUT2D eigenvalue weighted by molar-refractivity contribution is 7.21. The number of nitrogen functional groups attached to an aromatic ring is 1. The van der Waals surface area contributed by atoms with Crippen molar-refractivity contribution in [2.45, 2.75) is 32.7 Å². The summed E-state index contributed by atoms with van der Waals surface area (Å²) in [5.41, 5.74) is 6.23. The first-order valence-corrected chi connectivity index (χ1v) is 7.52. The van der Waals surface area contributed by atoms with E-state index in [0.717, 1.165) is 12.8 Å². The molecule has 0 spiro atoms. The lowest BCUT2D eigenvalue weighted by Crippen LogP contribution is -2.34. The monoisotopic (exact) mass is 294 g/mol. The second-order valence-electron chi connectivity index (χ2n) is 5.01. The number of anilines is 1. The van der Waals surface area contributed by atoms with Crippen molar-refractivity contribution in [1.82, 2.24) is 4.90 Å². The van der Waals surface area contributed by atoms with Crippen LogP contribution in [0.25, 0.3) is 10.1 Å². The summed E-state index contributed by atoms with van der Waals surface area (Å²) in [4.78, 5) is 14.6. The summed E-state index contributed by atoms with van der Waals surface area (Å²) in [6.07, 6.45) is 1.94. The first-order valence-electron chi connectivity index (χ1n) is 6.71. The van der Waals surface area contributed by atoms with Gasteiger partial charge in [-0.1, -0.05) is 19.4 Å². The van der Waals surface area contributed by atoms with Crippen molar-refractivity contribution >= 4 is 33.0 Å². The third-order valence-electron chi connectivity index (χ3n) is 3.58. The number of nitrogens with two attached hydrogens (primary N) is 1. The molecule has 1 aromatic carbocycles. The van der Waals surface area contributed by atoms with Gasteiger partial charge in [0.05, 0.1) is 11.1 Å². The second kappa shape index (κ2) is 5.79. The lowest BCUT2D eigenvalue weighted by molar-refractivity contribution is 0.0742. The SMILES string of the molecule is CCCC(C)N(C)C(=O)c1sc2cccc(F)c2c1N. The van der Waals surface area contributed by atoms with E-state index >= 15 is 0 Å². The van der Waals surface area contributed by atoms with E-state index in [0.29, 0.717) is 15.0 Å². The van der Waals surface area contributed by atoms with E-state index in [9.17, 15) is 9.18 Å². The number of carbonyl (C=O) groups is 1. The molecule has 1 amide bonds. The van der Waals surface area contributed by atoms with Crippen molar-refractivity contribution in [2.75, 3.05) is 12.8 Å². The van der Waals surface area contributed by atoms with Crippen LogP contribution >= 0.6 is 11.3 Å². The lowest BCUT2D eigenvalue weighted by atomic mass is 10.1. The standard InChI is InChI=1S/C15H19FN2OS/c1-4-6-9(2)18(3)15(19)14-13(17)12-10(16)7-5-8-11(12)20-14/h5,7-9H,4,6,17H2,1-3H3. The molecule has 0 bridgehead atoms. The molecule has 0 aliphatic heterocycles. The first-order chi connectivity index (χ1) is 9.47. The highest BCUT2D eigenvalue weighted by Crippen LogP contribution is 2.36. The van der Waals surface area contributed by atoms with Crippen LogP contribution in [0.1, 0.15) is 36.4 Å². The summed E-state index contributed by atoms with van der Waals surface area (Å²) in [5.74, 6) is -0.511. The largest absolute Gasteiger partial charge is 0.397 e. The van der Waals surface area contributed by atoms with Crippen molar-refractivity contribution in [2.24, 2.45) is 0 Å². The summed E-state index contributed by atoms with van der Waals surface area (Å²) in [6.45, 7) is 4.09. The van der Waals surface area contributed by atoms with Crippen LogP contribution in [0.2, 0.25) is 0 Å². The van der Waals surface area contributed by atoms with E-state index in [1.54, 1.807) is 24.1 Å².